The number of carbonyl (C=O) groups is 1. The fourth-order valence-corrected chi connectivity index (χ4v) is 1.70. The SMILES string of the molecule is O=C(c1ccoc1)c1c[nH]c2ccncc12. The number of fused-ring (bicyclic) bond motifs is 1. The summed E-state index contributed by atoms with van der Waals surface area (Å²) in [4.78, 5) is 19.1. The van der Waals surface area contributed by atoms with Gasteiger partial charge >= 0.3 is 0 Å². The van der Waals surface area contributed by atoms with Crippen LogP contribution in [0.25, 0.3) is 10.9 Å². The van der Waals surface area contributed by atoms with E-state index in [1.54, 1.807) is 24.7 Å². The van der Waals surface area contributed by atoms with Crippen LogP contribution in [0.2, 0.25) is 0 Å². The van der Waals surface area contributed by atoms with Gasteiger partial charge in [-0.2, -0.15) is 0 Å². The number of carbonyl (C=O) groups excluding carboxylic acids is 1. The third-order valence-corrected chi connectivity index (χ3v) is 2.51. The first kappa shape index (κ1) is 8.91. The van der Waals surface area contributed by atoms with E-state index in [2.05, 4.69) is 9.97 Å². The van der Waals surface area contributed by atoms with Crippen LogP contribution in [0.15, 0.2) is 47.7 Å². The Labute approximate surface area is 90.9 Å². The van der Waals surface area contributed by atoms with Gasteiger partial charge in [-0.25, -0.2) is 0 Å². The maximum atomic E-state index is 12.1. The first-order valence-electron chi connectivity index (χ1n) is 4.84. The van der Waals surface area contributed by atoms with Crippen LogP contribution >= 0.6 is 0 Å². The molecule has 0 aromatic carbocycles. The van der Waals surface area contributed by atoms with Crippen molar-refractivity contribution in [2.75, 3.05) is 0 Å². The predicted molar refractivity (Wildman–Crippen MR) is 58.2 cm³/mol. The molecule has 3 rings (SSSR count). The second kappa shape index (κ2) is 3.34. The van der Waals surface area contributed by atoms with Gasteiger partial charge in [-0.15, -0.1) is 0 Å². The highest BCUT2D eigenvalue weighted by molar-refractivity contribution is 6.15. The zero-order valence-electron chi connectivity index (χ0n) is 8.31. The van der Waals surface area contributed by atoms with E-state index in [-0.39, 0.29) is 5.78 Å². The molecule has 0 radical (unpaired) electrons. The highest BCUT2D eigenvalue weighted by atomic mass is 16.3. The molecule has 1 N–H and O–H groups in total. The second-order valence-electron chi connectivity index (χ2n) is 3.46. The number of rotatable bonds is 2. The van der Waals surface area contributed by atoms with E-state index in [9.17, 15) is 4.79 Å². The molecular weight excluding hydrogens is 204 g/mol. The van der Waals surface area contributed by atoms with Gasteiger partial charge in [-0.05, 0) is 12.1 Å². The third kappa shape index (κ3) is 1.24. The number of hydrogen-bond donors (Lipinski definition) is 1. The summed E-state index contributed by atoms with van der Waals surface area (Å²) in [5.74, 6) is -0.0620. The van der Waals surface area contributed by atoms with Crippen molar-refractivity contribution in [3.8, 4) is 0 Å². The van der Waals surface area contributed by atoms with E-state index in [0.29, 0.717) is 11.1 Å². The number of aromatic nitrogens is 2. The van der Waals surface area contributed by atoms with Crippen molar-refractivity contribution in [2.24, 2.45) is 0 Å². The molecular formula is C12H8N2O2. The van der Waals surface area contributed by atoms with Crippen molar-refractivity contribution in [1.29, 1.82) is 0 Å². The van der Waals surface area contributed by atoms with E-state index in [1.165, 1.54) is 12.5 Å². The number of nitrogens with one attached hydrogen (secondary N) is 1. The van der Waals surface area contributed by atoms with Gasteiger partial charge in [0.25, 0.3) is 0 Å². The number of pyridine rings is 1. The summed E-state index contributed by atoms with van der Waals surface area (Å²) in [6.07, 6.45) is 7.99. The van der Waals surface area contributed by atoms with Gasteiger partial charge in [-0.1, -0.05) is 0 Å². The minimum absolute atomic E-state index is 0.0620. The number of ketones is 1. The van der Waals surface area contributed by atoms with Crippen molar-refractivity contribution >= 4 is 16.7 Å². The fourth-order valence-electron chi connectivity index (χ4n) is 1.70. The smallest absolute Gasteiger partial charge is 0.198 e. The molecule has 0 saturated heterocycles. The minimum atomic E-state index is -0.0620. The molecule has 0 amide bonds. The Balaban J connectivity index is 2.16. The average Bonchev–Trinajstić information content (AvgIpc) is 2.98. The maximum absolute atomic E-state index is 12.1. The highest BCUT2D eigenvalue weighted by Gasteiger charge is 2.14. The zero-order valence-corrected chi connectivity index (χ0v) is 8.31. The topological polar surface area (TPSA) is 58.9 Å². The van der Waals surface area contributed by atoms with Crippen LogP contribution in [0.1, 0.15) is 15.9 Å². The first-order valence-corrected chi connectivity index (χ1v) is 4.84. The molecule has 0 bridgehead atoms. The lowest BCUT2D eigenvalue weighted by atomic mass is 10.1. The summed E-state index contributed by atoms with van der Waals surface area (Å²) in [5, 5.41) is 0.828. The van der Waals surface area contributed by atoms with Gasteiger partial charge in [0.1, 0.15) is 6.26 Å². The summed E-state index contributed by atoms with van der Waals surface area (Å²) >= 11 is 0. The molecule has 3 heterocycles. The zero-order chi connectivity index (χ0) is 11.0. The van der Waals surface area contributed by atoms with Gasteiger partial charge in [-0.3, -0.25) is 9.78 Å². The Morgan fingerprint density at radius 1 is 1.38 bits per heavy atom. The molecule has 0 spiro atoms. The van der Waals surface area contributed by atoms with Crippen LogP contribution in [-0.2, 0) is 0 Å². The molecule has 0 aliphatic rings. The minimum Gasteiger partial charge on any atom is -0.472 e. The molecule has 16 heavy (non-hydrogen) atoms. The summed E-state index contributed by atoms with van der Waals surface area (Å²) in [7, 11) is 0. The first-order chi connectivity index (χ1) is 7.86. The lowest BCUT2D eigenvalue weighted by molar-refractivity contribution is 0.103. The van der Waals surface area contributed by atoms with Gasteiger partial charge in [0.05, 0.1) is 11.8 Å². The van der Waals surface area contributed by atoms with Gasteiger partial charge in [0, 0.05) is 35.1 Å². The number of nitrogens with zero attached hydrogens (tertiary/aromatic N) is 1. The molecule has 0 atom stereocenters. The number of furan rings is 1. The average molecular weight is 212 g/mol. The van der Waals surface area contributed by atoms with Crippen LogP contribution in [0, 0.1) is 0 Å². The van der Waals surface area contributed by atoms with Crippen molar-refractivity contribution < 1.29 is 9.21 Å². The molecule has 3 aromatic rings. The molecule has 0 saturated carbocycles. The van der Waals surface area contributed by atoms with Crippen molar-refractivity contribution in [3.63, 3.8) is 0 Å². The molecule has 4 heteroatoms. The summed E-state index contributed by atoms with van der Waals surface area (Å²) in [5.41, 5.74) is 2.07. The molecule has 78 valence electrons. The molecule has 0 aliphatic carbocycles. The molecule has 3 aromatic heterocycles. The Morgan fingerprint density at radius 2 is 2.31 bits per heavy atom. The normalized spacial score (nSPS) is 10.8. The number of hydrogen-bond acceptors (Lipinski definition) is 3. The Hall–Kier alpha value is -2.36. The number of H-pyrrole nitrogens is 1. The molecule has 0 fully saturated rings. The lowest BCUT2D eigenvalue weighted by Crippen LogP contribution is -1.97. The summed E-state index contributed by atoms with van der Waals surface area (Å²) in [6.45, 7) is 0. The van der Waals surface area contributed by atoms with Crippen LogP contribution in [0.4, 0.5) is 0 Å². The van der Waals surface area contributed by atoms with Crippen molar-refractivity contribution in [2.45, 2.75) is 0 Å². The summed E-state index contributed by atoms with van der Waals surface area (Å²) < 4.78 is 4.90. The van der Waals surface area contributed by atoms with Gasteiger partial charge in [0.15, 0.2) is 5.78 Å². The molecule has 0 aliphatic heterocycles. The number of aromatic amines is 1. The lowest BCUT2D eigenvalue weighted by Gasteiger charge is -1.94. The van der Waals surface area contributed by atoms with Crippen LogP contribution in [0.3, 0.4) is 0 Å². The summed E-state index contributed by atoms with van der Waals surface area (Å²) in [6, 6.07) is 3.49. The van der Waals surface area contributed by atoms with Crippen molar-refractivity contribution in [1.82, 2.24) is 9.97 Å². The monoisotopic (exact) mass is 212 g/mol. The molecule has 0 unspecified atom stereocenters. The third-order valence-electron chi connectivity index (χ3n) is 2.51. The van der Waals surface area contributed by atoms with Crippen LogP contribution < -0.4 is 0 Å². The van der Waals surface area contributed by atoms with E-state index >= 15 is 0 Å². The Kier molecular flexibility index (Phi) is 1.86. The van der Waals surface area contributed by atoms with E-state index in [1.807, 2.05) is 6.07 Å². The standard InChI is InChI=1S/C12H8N2O2/c15-12(8-2-4-16-7-8)10-6-14-11-1-3-13-5-9(10)11/h1-7,14H. The van der Waals surface area contributed by atoms with Crippen molar-refractivity contribution in [3.05, 3.63) is 54.4 Å². The highest BCUT2D eigenvalue weighted by Crippen LogP contribution is 2.19. The maximum Gasteiger partial charge on any atom is 0.198 e. The van der Waals surface area contributed by atoms with E-state index < -0.39 is 0 Å². The van der Waals surface area contributed by atoms with Gasteiger partial charge < -0.3 is 9.40 Å². The Morgan fingerprint density at radius 3 is 3.12 bits per heavy atom. The quantitative estimate of drug-likeness (QED) is 0.663. The Bertz CT molecular complexity index is 638. The van der Waals surface area contributed by atoms with Gasteiger partial charge in [0.2, 0.25) is 0 Å². The largest absolute Gasteiger partial charge is 0.472 e. The molecule has 4 nitrogen and oxygen atoms in total. The second-order valence-corrected chi connectivity index (χ2v) is 3.46. The van der Waals surface area contributed by atoms with E-state index in [0.717, 1.165) is 10.9 Å². The predicted octanol–water partition coefficient (Wildman–Crippen LogP) is 2.39. The van der Waals surface area contributed by atoms with Crippen LogP contribution in [0.5, 0.6) is 0 Å². The fraction of sp³-hybridized carbons (Fsp3) is 0. The van der Waals surface area contributed by atoms with Crippen LogP contribution in [-0.4, -0.2) is 15.8 Å². The van der Waals surface area contributed by atoms with E-state index in [4.69, 9.17) is 4.42 Å².